The van der Waals surface area contributed by atoms with E-state index in [0.29, 0.717) is 5.92 Å². The predicted molar refractivity (Wildman–Crippen MR) is 43.1 cm³/mol. The first-order valence-electron chi connectivity index (χ1n) is 4.02. The summed E-state index contributed by atoms with van der Waals surface area (Å²) in [5, 5.41) is 0. The Balaban J connectivity index is 2.61. The van der Waals surface area contributed by atoms with Crippen molar-refractivity contribution in [2.45, 2.75) is 45.2 Å². The molecule has 3 unspecified atom stereocenters. The summed E-state index contributed by atoms with van der Waals surface area (Å²) < 4.78 is 5.59. The van der Waals surface area contributed by atoms with Gasteiger partial charge in [0.25, 0.3) is 0 Å². The molecule has 1 saturated heterocycles. The van der Waals surface area contributed by atoms with Crippen LogP contribution in [0.5, 0.6) is 0 Å². The Morgan fingerprint density at radius 2 is 2.30 bits per heavy atom. The number of rotatable bonds is 1. The van der Waals surface area contributed by atoms with Gasteiger partial charge in [0.05, 0.1) is 5.60 Å². The van der Waals surface area contributed by atoms with Gasteiger partial charge in [-0.25, -0.2) is 0 Å². The quantitative estimate of drug-likeness (QED) is 0.501. The lowest BCUT2D eigenvalue weighted by molar-refractivity contribution is -0.0185. The molecule has 1 heterocycles. The van der Waals surface area contributed by atoms with Crippen molar-refractivity contribution in [1.29, 1.82) is 0 Å². The maximum Gasteiger partial charge on any atom is 0.109 e. The van der Waals surface area contributed by atoms with Gasteiger partial charge in [0.15, 0.2) is 0 Å². The lowest BCUT2D eigenvalue weighted by Gasteiger charge is -2.26. The maximum atomic E-state index is 5.65. The molecule has 1 aliphatic rings. The predicted octanol–water partition coefficient (Wildman–Crippen LogP) is 1.71. The highest BCUT2D eigenvalue weighted by atomic mass is 16.5. The molecule has 0 spiro atoms. The molecule has 1 fully saturated rings. The third-order valence-electron chi connectivity index (χ3n) is 2.75. The second kappa shape index (κ2) is 2.57. The zero-order valence-corrected chi connectivity index (χ0v) is 7.05. The summed E-state index contributed by atoms with van der Waals surface area (Å²) in [5.41, 5.74) is 0.0411. The third-order valence-corrected chi connectivity index (χ3v) is 2.75. The fraction of sp³-hybridized carbons (Fsp3) is 1.00. The molecule has 2 radical (unpaired) electrons. The highest BCUT2D eigenvalue weighted by Crippen LogP contribution is 2.36. The standard InChI is InChI=1S/C8H15BO/c1-4-8(3)6(2)5-7(9)10-8/h6-7H,4-5H2,1-3H3. The Bertz CT molecular complexity index is 126. The first kappa shape index (κ1) is 8.12. The van der Waals surface area contributed by atoms with Gasteiger partial charge in [0, 0.05) is 6.00 Å². The monoisotopic (exact) mass is 138 g/mol. The van der Waals surface area contributed by atoms with Crippen molar-refractivity contribution in [3.05, 3.63) is 0 Å². The number of hydrogen-bond donors (Lipinski definition) is 0. The zero-order chi connectivity index (χ0) is 7.78. The van der Waals surface area contributed by atoms with E-state index in [2.05, 4.69) is 20.8 Å². The fourth-order valence-electron chi connectivity index (χ4n) is 1.54. The summed E-state index contributed by atoms with van der Waals surface area (Å²) in [6.07, 6.45) is 2.06. The Morgan fingerprint density at radius 1 is 1.70 bits per heavy atom. The van der Waals surface area contributed by atoms with E-state index >= 15 is 0 Å². The van der Waals surface area contributed by atoms with Crippen LogP contribution in [0.2, 0.25) is 0 Å². The van der Waals surface area contributed by atoms with Crippen LogP contribution < -0.4 is 0 Å². The SMILES string of the molecule is [B]C1CC(C)C(C)(CC)O1. The van der Waals surface area contributed by atoms with E-state index in [4.69, 9.17) is 12.6 Å². The van der Waals surface area contributed by atoms with Gasteiger partial charge in [0.2, 0.25) is 0 Å². The third kappa shape index (κ3) is 1.22. The summed E-state index contributed by atoms with van der Waals surface area (Å²) >= 11 is 0. The topological polar surface area (TPSA) is 9.23 Å². The van der Waals surface area contributed by atoms with Crippen molar-refractivity contribution in [3.8, 4) is 0 Å². The van der Waals surface area contributed by atoms with E-state index in [1.165, 1.54) is 0 Å². The molecular formula is C8H15BO. The van der Waals surface area contributed by atoms with Crippen LogP contribution in [-0.2, 0) is 4.74 Å². The normalized spacial score (nSPS) is 47.9. The highest BCUT2D eigenvalue weighted by molar-refractivity contribution is 6.11. The molecule has 0 aliphatic carbocycles. The summed E-state index contributed by atoms with van der Waals surface area (Å²) in [4.78, 5) is 0. The minimum Gasteiger partial charge on any atom is -0.382 e. The zero-order valence-electron chi connectivity index (χ0n) is 7.05. The van der Waals surface area contributed by atoms with Crippen LogP contribution in [0.3, 0.4) is 0 Å². The molecule has 0 aromatic rings. The van der Waals surface area contributed by atoms with Crippen LogP contribution in [0, 0.1) is 5.92 Å². The van der Waals surface area contributed by atoms with Gasteiger partial charge in [0.1, 0.15) is 7.85 Å². The van der Waals surface area contributed by atoms with Gasteiger partial charge in [-0.2, -0.15) is 0 Å². The van der Waals surface area contributed by atoms with E-state index in [1.54, 1.807) is 0 Å². The molecular weight excluding hydrogens is 123 g/mol. The second-order valence-electron chi connectivity index (χ2n) is 3.46. The fourth-order valence-corrected chi connectivity index (χ4v) is 1.54. The van der Waals surface area contributed by atoms with E-state index < -0.39 is 0 Å². The molecule has 56 valence electrons. The van der Waals surface area contributed by atoms with Gasteiger partial charge in [-0.15, -0.1) is 0 Å². The van der Waals surface area contributed by atoms with Crippen molar-refractivity contribution in [1.82, 2.24) is 0 Å². The Morgan fingerprint density at radius 3 is 2.50 bits per heavy atom. The van der Waals surface area contributed by atoms with Crippen molar-refractivity contribution in [2.75, 3.05) is 0 Å². The Kier molecular flexibility index (Phi) is 2.09. The van der Waals surface area contributed by atoms with Crippen molar-refractivity contribution < 1.29 is 4.74 Å². The van der Waals surface area contributed by atoms with Gasteiger partial charge in [-0.05, 0) is 25.7 Å². The number of hydrogen-bond acceptors (Lipinski definition) is 1. The molecule has 1 nitrogen and oxygen atoms in total. The molecule has 1 aliphatic heterocycles. The van der Waals surface area contributed by atoms with Gasteiger partial charge < -0.3 is 4.74 Å². The Labute approximate surface area is 64.6 Å². The van der Waals surface area contributed by atoms with Crippen LogP contribution in [0.15, 0.2) is 0 Å². The Hall–Kier alpha value is 0.0249. The summed E-state index contributed by atoms with van der Waals surface area (Å²) in [6.45, 7) is 6.50. The summed E-state index contributed by atoms with van der Waals surface area (Å²) in [7, 11) is 5.65. The minimum absolute atomic E-state index is 0.0278. The molecule has 3 atom stereocenters. The molecule has 1 rings (SSSR count). The molecule has 0 aromatic heterocycles. The molecule has 0 N–H and O–H groups in total. The van der Waals surface area contributed by atoms with E-state index in [-0.39, 0.29) is 11.6 Å². The van der Waals surface area contributed by atoms with Gasteiger partial charge >= 0.3 is 0 Å². The van der Waals surface area contributed by atoms with Gasteiger partial charge in [-0.3, -0.25) is 0 Å². The van der Waals surface area contributed by atoms with E-state index in [9.17, 15) is 0 Å². The highest BCUT2D eigenvalue weighted by Gasteiger charge is 2.38. The molecule has 0 aromatic carbocycles. The largest absolute Gasteiger partial charge is 0.382 e. The van der Waals surface area contributed by atoms with Crippen molar-refractivity contribution >= 4 is 7.85 Å². The summed E-state index contributed by atoms with van der Waals surface area (Å²) in [6, 6.07) is -0.0278. The first-order chi connectivity index (χ1) is 4.58. The van der Waals surface area contributed by atoms with E-state index in [1.807, 2.05) is 0 Å². The minimum atomic E-state index is -0.0278. The lowest BCUT2D eigenvalue weighted by Crippen LogP contribution is -2.29. The molecule has 0 amide bonds. The van der Waals surface area contributed by atoms with Crippen LogP contribution >= 0.6 is 0 Å². The number of ether oxygens (including phenoxy) is 1. The van der Waals surface area contributed by atoms with Crippen LogP contribution in [0.1, 0.15) is 33.6 Å². The average Bonchev–Trinajstić information content (AvgIpc) is 2.09. The molecule has 2 heteroatoms. The van der Waals surface area contributed by atoms with E-state index in [0.717, 1.165) is 12.8 Å². The van der Waals surface area contributed by atoms with Crippen LogP contribution in [0.25, 0.3) is 0 Å². The summed E-state index contributed by atoms with van der Waals surface area (Å²) in [5.74, 6) is 0.604. The smallest absolute Gasteiger partial charge is 0.109 e. The average molecular weight is 138 g/mol. The molecule has 10 heavy (non-hydrogen) atoms. The lowest BCUT2D eigenvalue weighted by atomic mass is 9.85. The van der Waals surface area contributed by atoms with Crippen LogP contribution in [0.4, 0.5) is 0 Å². The van der Waals surface area contributed by atoms with Crippen LogP contribution in [-0.4, -0.2) is 19.5 Å². The maximum absolute atomic E-state index is 5.65. The first-order valence-corrected chi connectivity index (χ1v) is 4.02. The second-order valence-corrected chi connectivity index (χ2v) is 3.46. The van der Waals surface area contributed by atoms with Crippen molar-refractivity contribution in [3.63, 3.8) is 0 Å². The van der Waals surface area contributed by atoms with Gasteiger partial charge in [-0.1, -0.05) is 13.8 Å². The van der Waals surface area contributed by atoms with Crippen molar-refractivity contribution in [2.24, 2.45) is 5.92 Å². The molecule has 0 saturated carbocycles. The molecule has 0 bridgehead atoms.